The molecular formula is C23H30ClN3O6S. The molecule has 9 nitrogen and oxygen atoms in total. The Kier molecular flexibility index (Phi) is 7.21. The zero-order valence-corrected chi connectivity index (χ0v) is 20.8. The maximum Gasteiger partial charge on any atom is 0.251 e. The number of benzene rings is 1. The number of amides is 2. The van der Waals surface area contributed by atoms with Gasteiger partial charge in [0, 0.05) is 17.8 Å². The molecule has 2 amide bonds. The number of hydrogen-bond donors (Lipinski definition) is 2. The van der Waals surface area contributed by atoms with Crippen molar-refractivity contribution >= 4 is 44.9 Å². The molecule has 2 saturated heterocycles. The van der Waals surface area contributed by atoms with E-state index < -0.39 is 39.5 Å². The quantitative estimate of drug-likeness (QED) is 0.561. The highest BCUT2D eigenvalue weighted by molar-refractivity contribution is 7.92. The highest BCUT2D eigenvalue weighted by atomic mass is 35.5. The fourth-order valence-electron chi connectivity index (χ4n) is 5.13. The summed E-state index contributed by atoms with van der Waals surface area (Å²) in [5.74, 6) is -0.400. The first-order valence-corrected chi connectivity index (χ1v) is 13.8. The number of rotatable bonds is 6. The molecule has 2 N–H and O–H groups in total. The number of ketones is 1. The molecule has 1 aliphatic carbocycles. The third-order valence-corrected chi connectivity index (χ3v) is 7.93. The first kappa shape index (κ1) is 24.9. The maximum absolute atomic E-state index is 13.7. The number of alkyl halides is 1. The molecule has 34 heavy (non-hydrogen) atoms. The molecule has 3 fully saturated rings. The van der Waals surface area contributed by atoms with Gasteiger partial charge < -0.3 is 15.0 Å². The summed E-state index contributed by atoms with van der Waals surface area (Å²) in [6.45, 7) is 2.31. The lowest BCUT2D eigenvalue weighted by Crippen LogP contribution is -2.55. The summed E-state index contributed by atoms with van der Waals surface area (Å²) >= 11 is 6.38. The van der Waals surface area contributed by atoms with E-state index in [0.717, 1.165) is 31.9 Å². The molecule has 0 bridgehead atoms. The largest absolute Gasteiger partial charge is 0.366 e. The monoisotopic (exact) mass is 511 g/mol. The van der Waals surface area contributed by atoms with Gasteiger partial charge in [0.15, 0.2) is 5.78 Å². The second-order valence-corrected chi connectivity index (χ2v) is 11.9. The SMILES string of the molecule is CS(=O)(=O)Nc1ccc(C(=O)N[C@H](C(=O)N2C[C@H](Cl)[C@H]3OCC(=O)[C@H]32)[C@H]2CC[C@H](C)CC2)cc1. The standard InChI is InChI=1S/C23H30ClN3O6S/c1-13-3-5-14(6-4-13)19(23(30)27-11-17(24)21-20(27)18(28)12-33-21)25-22(29)15-7-9-16(10-8-15)26-34(2,31)32/h7-10,13-14,17,19-21,26H,3-6,11-12H2,1-2H3,(H,25,29)/t13-,14-,17-,19-,20+,21+/m0/s1. The lowest BCUT2D eigenvalue weighted by Gasteiger charge is -2.35. The summed E-state index contributed by atoms with van der Waals surface area (Å²) in [4.78, 5) is 40.7. The minimum atomic E-state index is -3.43. The number of likely N-dealkylation sites (tertiary alicyclic amines) is 1. The van der Waals surface area contributed by atoms with Crippen LogP contribution in [-0.2, 0) is 24.3 Å². The number of halogens is 1. The maximum atomic E-state index is 13.7. The van der Waals surface area contributed by atoms with Crippen molar-refractivity contribution in [1.29, 1.82) is 0 Å². The van der Waals surface area contributed by atoms with E-state index in [9.17, 15) is 22.8 Å². The number of hydrogen-bond acceptors (Lipinski definition) is 6. The van der Waals surface area contributed by atoms with Gasteiger partial charge in [-0.05, 0) is 48.9 Å². The van der Waals surface area contributed by atoms with Gasteiger partial charge in [-0.3, -0.25) is 19.1 Å². The molecule has 0 aromatic heterocycles. The van der Waals surface area contributed by atoms with Crippen LogP contribution in [-0.4, -0.2) is 73.9 Å². The molecule has 0 radical (unpaired) electrons. The normalized spacial score (nSPS) is 30.0. The van der Waals surface area contributed by atoms with Gasteiger partial charge in [0.25, 0.3) is 5.91 Å². The predicted molar refractivity (Wildman–Crippen MR) is 127 cm³/mol. The van der Waals surface area contributed by atoms with E-state index in [1.165, 1.54) is 29.2 Å². The number of carbonyl (C=O) groups is 3. The fourth-order valence-corrected chi connectivity index (χ4v) is 6.05. The second kappa shape index (κ2) is 9.83. The minimum absolute atomic E-state index is 0.0518. The highest BCUT2D eigenvalue weighted by Crippen LogP contribution is 2.35. The zero-order chi connectivity index (χ0) is 24.6. The van der Waals surface area contributed by atoms with E-state index in [1.54, 1.807) is 0 Å². The molecule has 1 saturated carbocycles. The number of anilines is 1. The van der Waals surface area contributed by atoms with Crippen LogP contribution in [0.1, 0.15) is 43.0 Å². The van der Waals surface area contributed by atoms with Crippen LogP contribution in [0.2, 0.25) is 0 Å². The molecular weight excluding hydrogens is 482 g/mol. The number of nitrogens with zero attached hydrogens (tertiary/aromatic N) is 1. The van der Waals surface area contributed by atoms with Gasteiger partial charge in [-0.1, -0.05) is 19.8 Å². The number of sulfonamides is 1. The van der Waals surface area contributed by atoms with Gasteiger partial charge in [0.1, 0.15) is 24.8 Å². The molecule has 11 heteroatoms. The molecule has 1 aromatic carbocycles. The average Bonchev–Trinajstić information content (AvgIpc) is 3.32. The first-order valence-electron chi connectivity index (χ1n) is 11.5. The Bertz CT molecular complexity index is 1050. The van der Waals surface area contributed by atoms with Crippen LogP contribution in [0.25, 0.3) is 0 Å². The lowest BCUT2D eigenvalue weighted by molar-refractivity contribution is -0.139. The van der Waals surface area contributed by atoms with Crippen molar-refractivity contribution in [1.82, 2.24) is 10.2 Å². The van der Waals surface area contributed by atoms with E-state index in [1.807, 2.05) is 0 Å². The van der Waals surface area contributed by atoms with Crippen LogP contribution in [0.5, 0.6) is 0 Å². The van der Waals surface area contributed by atoms with Crippen LogP contribution in [0, 0.1) is 11.8 Å². The Morgan fingerprint density at radius 1 is 1.15 bits per heavy atom. The molecule has 1 aromatic rings. The molecule has 4 rings (SSSR count). The van der Waals surface area contributed by atoms with Gasteiger partial charge in [-0.2, -0.15) is 0 Å². The predicted octanol–water partition coefficient (Wildman–Crippen LogP) is 1.77. The molecule has 0 unspecified atom stereocenters. The van der Waals surface area contributed by atoms with Crippen molar-refractivity contribution in [2.45, 2.75) is 56.2 Å². The molecule has 186 valence electrons. The Balaban J connectivity index is 1.54. The minimum Gasteiger partial charge on any atom is -0.366 e. The Morgan fingerprint density at radius 2 is 1.79 bits per heavy atom. The van der Waals surface area contributed by atoms with Crippen LogP contribution in [0.3, 0.4) is 0 Å². The van der Waals surface area contributed by atoms with E-state index in [4.69, 9.17) is 16.3 Å². The highest BCUT2D eigenvalue weighted by Gasteiger charge is 2.53. The number of ether oxygens (including phenoxy) is 1. The van der Waals surface area contributed by atoms with Crippen LogP contribution >= 0.6 is 11.6 Å². The van der Waals surface area contributed by atoms with Crippen molar-refractivity contribution in [2.75, 3.05) is 24.1 Å². The Hall–Kier alpha value is -2.17. The number of fused-ring (bicyclic) bond motifs is 1. The van der Waals surface area contributed by atoms with Gasteiger partial charge in [-0.15, -0.1) is 11.6 Å². The number of carbonyl (C=O) groups excluding carboxylic acids is 3. The Morgan fingerprint density at radius 3 is 2.41 bits per heavy atom. The lowest BCUT2D eigenvalue weighted by atomic mass is 9.78. The summed E-state index contributed by atoms with van der Waals surface area (Å²) in [5.41, 5.74) is 0.639. The van der Waals surface area contributed by atoms with E-state index >= 15 is 0 Å². The summed E-state index contributed by atoms with van der Waals surface area (Å²) in [7, 11) is -3.43. The van der Waals surface area contributed by atoms with Crippen molar-refractivity contribution in [3.8, 4) is 0 Å². The Labute approximate surface area is 204 Å². The van der Waals surface area contributed by atoms with E-state index in [-0.39, 0.29) is 30.8 Å². The second-order valence-electron chi connectivity index (χ2n) is 9.62. The average molecular weight is 512 g/mol. The van der Waals surface area contributed by atoms with E-state index in [2.05, 4.69) is 17.0 Å². The van der Waals surface area contributed by atoms with E-state index in [0.29, 0.717) is 17.2 Å². The molecule has 3 aliphatic rings. The summed E-state index contributed by atoms with van der Waals surface area (Å²) in [6.07, 6.45) is 4.04. The molecule has 2 heterocycles. The van der Waals surface area contributed by atoms with Gasteiger partial charge in [0.05, 0.1) is 11.6 Å². The number of Topliss-reactive ketones (excluding diaryl/α,β-unsaturated/α-hetero) is 1. The van der Waals surface area contributed by atoms with Crippen molar-refractivity contribution in [3.63, 3.8) is 0 Å². The van der Waals surface area contributed by atoms with Crippen molar-refractivity contribution < 1.29 is 27.5 Å². The molecule has 2 aliphatic heterocycles. The smallest absolute Gasteiger partial charge is 0.251 e. The fraction of sp³-hybridized carbons (Fsp3) is 0.609. The summed E-state index contributed by atoms with van der Waals surface area (Å²) in [5, 5.41) is 2.43. The van der Waals surface area contributed by atoms with Gasteiger partial charge >= 0.3 is 0 Å². The van der Waals surface area contributed by atoms with Crippen molar-refractivity contribution in [2.24, 2.45) is 11.8 Å². The van der Waals surface area contributed by atoms with Crippen LogP contribution in [0.4, 0.5) is 5.69 Å². The van der Waals surface area contributed by atoms with Gasteiger partial charge in [0.2, 0.25) is 15.9 Å². The summed E-state index contributed by atoms with van der Waals surface area (Å²) < 4.78 is 30.7. The first-order chi connectivity index (χ1) is 16.0. The third kappa shape index (κ3) is 5.39. The van der Waals surface area contributed by atoms with Crippen LogP contribution < -0.4 is 10.0 Å². The topological polar surface area (TPSA) is 122 Å². The molecule has 4 atom stereocenters. The van der Waals surface area contributed by atoms with Crippen LogP contribution in [0.15, 0.2) is 24.3 Å². The number of nitrogens with one attached hydrogen (secondary N) is 2. The zero-order valence-electron chi connectivity index (χ0n) is 19.2. The van der Waals surface area contributed by atoms with Gasteiger partial charge in [-0.25, -0.2) is 8.42 Å². The summed E-state index contributed by atoms with van der Waals surface area (Å²) in [6, 6.07) is 4.49. The van der Waals surface area contributed by atoms with Crippen molar-refractivity contribution in [3.05, 3.63) is 29.8 Å². The molecule has 0 spiro atoms. The third-order valence-electron chi connectivity index (χ3n) is 6.94.